The number of hydrogen-bond acceptors (Lipinski definition) is 3. The van der Waals surface area contributed by atoms with Crippen molar-refractivity contribution in [3.05, 3.63) is 28.7 Å². The molecule has 0 aromatic rings. The molecule has 0 radical (unpaired) electrons. The Labute approximate surface area is 58.6 Å². The maximum atomic E-state index is 9.94. The van der Waals surface area contributed by atoms with Crippen LogP contribution in [-0.2, 0) is 0 Å². The minimum atomic E-state index is -0.267. The first-order valence-corrected chi connectivity index (χ1v) is 2.97. The fraction of sp³-hybridized carbons (Fsp3) is 0.286. The lowest BCUT2D eigenvalue weighted by molar-refractivity contribution is 0.816. The summed E-state index contributed by atoms with van der Waals surface area (Å²) in [5, 5.41) is 11.2. The Bertz CT molecular complexity index is 234. The van der Waals surface area contributed by atoms with Gasteiger partial charge in [0.1, 0.15) is 6.04 Å². The van der Waals surface area contributed by atoms with Crippen LogP contribution in [0.25, 0.3) is 0 Å². The third kappa shape index (κ3) is 1.29. The summed E-state index contributed by atoms with van der Waals surface area (Å²) >= 11 is 0. The summed E-state index contributed by atoms with van der Waals surface area (Å²) in [6.07, 6.45) is 5.54. The summed E-state index contributed by atoms with van der Waals surface area (Å²) in [6.45, 7) is 0. The number of allylic oxidation sites excluding steroid dienone is 2. The van der Waals surface area contributed by atoms with Gasteiger partial charge in [0, 0.05) is 5.57 Å². The Hall–Kier alpha value is -1.43. The van der Waals surface area contributed by atoms with Crippen molar-refractivity contribution in [1.29, 1.82) is 5.26 Å². The van der Waals surface area contributed by atoms with E-state index >= 15 is 0 Å². The molecule has 50 valence electrons. The van der Waals surface area contributed by atoms with Crippen molar-refractivity contribution in [3.63, 3.8) is 0 Å². The molecule has 3 nitrogen and oxygen atoms in total. The second-order valence-electron chi connectivity index (χ2n) is 2.04. The maximum absolute atomic E-state index is 9.94. The van der Waals surface area contributed by atoms with Crippen molar-refractivity contribution in [1.82, 2.24) is 0 Å². The molecule has 1 atom stereocenters. The van der Waals surface area contributed by atoms with Gasteiger partial charge in [-0.1, -0.05) is 17.3 Å². The molecule has 0 aromatic heterocycles. The van der Waals surface area contributed by atoms with Gasteiger partial charge in [-0.25, -0.2) is 0 Å². The fourth-order valence-corrected chi connectivity index (χ4v) is 0.770. The van der Waals surface area contributed by atoms with Gasteiger partial charge in [0.25, 0.3) is 0 Å². The second kappa shape index (κ2) is 2.92. The van der Waals surface area contributed by atoms with Crippen LogP contribution in [0.15, 0.2) is 29.0 Å². The van der Waals surface area contributed by atoms with Gasteiger partial charge in [0.2, 0.25) is 0 Å². The van der Waals surface area contributed by atoms with E-state index in [9.17, 15) is 4.91 Å². The van der Waals surface area contributed by atoms with Crippen molar-refractivity contribution < 1.29 is 0 Å². The summed E-state index contributed by atoms with van der Waals surface area (Å²) in [5.74, 6) is 0. The molecular weight excluding hydrogens is 128 g/mol. The monoisotopic (exact) mass is 134 g/mol. The largest absolute Gasteiger partial charge is 0.192 e. The van der Waals surface area contributed by atoms with E-state index in [0.717, 1.165) is 0 Å². The predicted octanol–water partition coefficient (Wildman–Crippen LogP) is 1.53. The highest BCUT2D eigenvalue weighted by Crippen LogP contribution is 2.11. The van der Waals surface area contributed by atoms with Crippen LogP contribution in [0, 0.1) is 16.2 Å². The minimum Gasteiger partial charge on any atom is -0.192 e. The lowest BCUT2D eigenvalue weighted by Gasteiger charge is -2.03. The van der Waals surface area contributed by atoms with E-state index < -0.39 is 0 Å². The second-order valence-corrected chi connectivity index (χ2v) is 2.04. The highest BCUT2D eigenvalue weighted by molar-refractivity contribution is 5.36. The van der Waals surface area contributed by atoms with Crippen LogP contribution in [0.1, 0.15) is 6.42 Å². The fourth-order valence-electron chi connectivity index (χ4n) is 0.770. The van der Waals surface area contributed by atoms with Crippen LogP contribution >= 0.6 is 0 Å². The summed E-state index contributed by atoms with van der Waals surface area (Å²) in [6, 6.07) is 1.71. The van der Waals surface area contributed by atoms with Gasteiger partial charge < -0.3 is 0 Å². The molecule has 10 heavy (non-hydrogen) atoms. The molecule has 0 amide bonds. The zero-order valence-electron chi connectivity index (χ0n) is 5.32. The third-order valence-corrected chi connectivity index (χ3v) is 1.34. The van der Waals surface area contributed by atoms with Crippen LogP contribution in [-0.4, -0.2) is 6.04 Å². The quantitative estimate of drug-likeness (QED) is 0.510. The topological polar surface area (TPSA) is 53.2 Å². The molecule has 0 saturated heterocycles. The Balaban J connectivity index is 2.65. The molecule has 0 aromatic carbocycles. The van der Waals surface area contributed by atoms with E-state index in [2.05, 4.69) is 5.18 Å². The minimum absolute atomic E-state index is 0.267. The maximum Gasteiger partial charge on any atom is 0.114 e. The molecule has 0 bridgehead atoms. The van der Waals surface area contributed by atoms with Crippen molar-refractivity contribution in [2.24, 2.45) is 5.18 Å². The number of nitrogens with zero attached hydrogens (tertiary/aromatic N) is 2. The van der Waals surface area contributed by atoms with Gasteiger partial charge in [0.05, 0.1) is 6.07 Å². The van der Waals surface area contributed by atoms with Crippen molar-refractivity contribution in [2.75, 3.05) is 0 Å². The SMILES string of the molecule is N#CC1=CCC(N=O)C=C1. The smallest absolute Gasteiger partial charge is 0.114 e. The average Bonchev–Trinajstić information content (AvgIpc) is 2.05. The lowest BCUT2D eigenvalue weighted by atomic mass is 10.1. The van der Waals surface area contributed by atoms with Crippen LogP contribution in [0.3, 0.4) is 0 Å². The highest BCUT2D eigenvalue weighted by Gasteiger charge is 2.06. The third-order valence-electron chi connectivity index (χ3n) is 1.34. The molecule has 0 aliphatic heterocycles. The molecule has 1 unspecified atom stereocenters. The highest BCUT2D eigenvalue weighted by atomic mass is 16.3. The standard InChI is InChI=1S/C7H6N2O/c8-5-6-1-3-7(9-10)4-2-6/h1-3,7H,4H2. The van der Waals surface area contributed by atoms with Gasteiger partial charge in [0.15, 0.2) is 0 Å². The molecule has 1 aliphatic carbocycles. The van der Waals surface area contributed by atoms with E-state index in [0.29, 0.717) is 12.0 Å². The summed E-state index contributed by atoms with van der Waals surface area (Å²) in [4.78, 5) is 9.94. The molecule has 0 fully saturated rings. The van der Waals surface area contributed by atoms with Crippen LogP contribution in [0.5, 0.6) is 0 Å². The Kier molecular flexibility index (Phi) is 1.96. The molecule has 3 heteroatoms. The number of nitriles is 1. The molecule has 0 saturated carbocycles. The molecular formula is C7H6N2O. The Morgan fingerprint density at radius 3 is 3.00 bits per heavy atom. The van der Waals surface area contributed by atoms with Crippen LogP contribution in [0.2, 0.25) is 0 Å². The first kappa shape index (κ1) is 6.69. The van der Waals surface area contributed by atoms with Gasteiger partial charge in [-0.15, -0.1) is 0 Å². The van der Waals surface area contributed by atoms with Gasteiger partial charge >= 0.3 is 0 Å². The normalized spacial score (nSPS) is 23.1. The van der Waals surface area contributed by atoms with Crippen LogP contribution < -0.4 is 0 Å². The first-order chi connectivity index (χ1) is 4.86. The summed E-state index contributed by atoms with van der Waals surface area (Å²) in [7, 11) is 0. The van der Waals surface area contributed by atoms with Gasteiger partial charge in [-0.3, -0.25) is 0 Å². The number of hydrogen-bond donors (Lipinski definition) is 0. The average molecular weight is 134 g/mol. The van der Waals surface area contributed by atoms with Crippen molar-refractivity contribution in [3.8, 4) is 6.07 Å². The number of rotatable bonds is 1. The Morgan fingerprint density at radius 2 is 2.60 bits per heavy atom. The zero-order chi connectivity index (χ0) is 7.40. The van der Waals surface area contributed by atoms with Gasteiger partial charge in [-0.05, 0) is 12.5 Å². The van der Waals surface area contributed by atoms with E-state index in [4.69, 9.17) is 5.26 Å². The molecule has 0 spiro atoms. The molecule has 0 N–H and O–H groups in total. The molecule has 1 rings (SSSR count). The first-order valence-electron chi connectivity index (χ1n) is 2.97. The summed E-state index contributed by atoms with van der Waals surface area (Å²) < 4.78 is 0. The van der Waals surface area contributed by atoms with Gasteiger partial charge in [-0.2, -0.15) is 10.2 Å². The van der Waals surface area contributed by atoms with E-state index in [-0.39, 0.29) is 6.04 Å². The van der Waals surface area contributed by atoms with E-state index in [1.54, 1.807) is 18.2 Å². The van der Waals surface area contributed by atoms with Crippen molar-refractivity contribution >= 4 is 0 Å². The number of nitroso groups, excluding NO2 is 1. The van der Waals surface area contributed by atoms with E-state index in [1.165, 1.54) is 0 Å². The molecule has 1 aliphatic rings. The molecule has 0 heterocycles. The van der Waals surface area contributed by atoms with Crippen molar-refractivity contribution in [2.45, 2.75) is 12.5 Å². The Morgan fingerprint density at radius 1 is 1.80 bits per heavy atom. The summed E-state index contributed by atoms with van der Waals surface area (Å²) in [5.41, 5.74) is 0.611. The predicted molar refractivity (Wildman–Crippen MR) is 37.0 cm³/mol. The zero-order valence-corrected chi connectivity index (χ0v) is 5.32. The lowest BCUT2D eigenvalue weighted by Crippen LogP contribution is -2.00. The van der Waals surface area contributed by atoms with E-state index in [1.807, 2.05) is 6.07 Å². The van der Waals surface area contributed by atoms with Crippen LogP contribution in [0.4, 0.5) is 0 Å².